The second-order valence-corrected chi connectivity index (χ2v) is 4.87. The van der Waals surface area contributed by atoms with Crippen LogP contribution in [0.15, 0.2) is 6.07 Å². The Morgan fingerprint density at radius 2 is 2.10 bits per heavy atom. The van der Waals surface area contributed by atoms with Crippen molar-refractivity contribution >= 4 is 17.4 Å². The van der Waals surface area contributed by atoms with E-state index in [4.69, 9.17) is 22.0 Å². The molecule has 1 atom stereocenters. The van der Waals surface area contributed by atoms with Gasteiger partial charge in [-0.2, -0.15) is 18.4 Å². The van der Waals surface area contributed by atoms with Crippen LogP contribution in [0.1, 0.15) is 25.0 Å². The fourth-order valence-electron chi connectivity index (χ4n) is 1.53. The van der Waals surface area contributed by atoms with Gasteiger partial charge >= 0.3 is 6.18 Å². The molecule has 1 unspecified atom stereocenters. The van der Waals surface area contributed by atoms with E-state index in [1.165, 1.54) is 6.07 Å². The summed E-state index contributed by atoms with van der Waals surface area (Å²) < 4.78 is 38.6. The second-order valence-electron chi connectivity index (χ2n) is 4.51. The molecule has 2 N–H and O–H groups in total. The molecule has 8 heteroatoms. The zero-order valence-electron chi connectivity index (χ0n) is 10.8. The van der Waals surface area contributed by atoms with Gasteiger partial charge in [0.2, 0.25) is 0 Å². The Morgan fingerprint density at radius 1 is 1.50 bits per heavy atom. The molecule has 0 radical (unpaired) electrons. The zero-order valence-corrected chi connectivity index (χ0v) is 11.5. The maximum Gasteiger partial charge on any atom is 0.417 e. The highest BCUT2D eigenvalue weighted by Gasteiger charge is 2.36. The van der Waals surface area contributed by atoms with E-state index in [-0.39, 0.29) is 18.3 Å². The molecule has 0 aliphatic carbocycles. The van der Waals surface area contributed by atoms with Crippen LogP contribution in [-0.2, 0) is 6.18 Å². The van der Waals surface area contributed by atoms with Crippen molar-refractivity contribution < 1.29 is 18.3 Å². The summed E-state index contributed by atoms with van der Waals surface area (Å²) in [7, 11) is 0. The fraction of sp³-hybridized carbons (Fsp3) is 0.500. The van der Waals surface area contributed by atoms with Gasteiger partial charge in [-0.05, 0) is 12.0 Å². The van der Waals surface area contributed by atoms with E-state index >= 15 is 0 Å². The molecule has 0 aliphatic heterocycles. The smallest absolute Gasteiger partial charge is 0.394 e. The van der Waals surface area contributed by atoms with Crippen LogP contribution >= 0.6 is 11.6 Å². The highest BCUT2D eigenvalue weighted by molar-refractivity contribution is 6.30. The van der Waals surface area contributed by atoms with Gasteiger partial charge in [-0.15, -0.1) is 0 Å². The minimum absolute atomic E-state index is 0.0226. The lowest BCUT2D eigenvalue weighted by Gasteiger charge is -2.21. The number of aliphatic hydroxyl groups is 1. The number of aromatic nitrogens is 1. The van der Waals surface area contributed by atoms with Crippen LogP contribution in [0, 0.1) is 17.2 Å². The van der Waals surface area contributed by atoms with Crippen LogP contribution in [0.25, 0.3) is 0 Å². The summed E-state index contributed by atoms with van der Waals surface area (Å²) in [5.41, 5.74) is -1.86. The highest BCUT2D eigenvalue weighted by atomic mass is 35.5. The first kappa shape index (κ1) is 16.5. The zero-order chi connectivity index (χ0) is 15.5. The van der Waals surface area contributed by atoms with Gasteiger partial charge in [-0.1, -0.05) is 25.4 Å². The number of hydrogen-bond acceptors (Lipinski definition) is 4. The molecule has 0 spiro atoms. The highest BCUT2D eigenvalue weighted by Crippen LogP contribution is 2.35. The summed E-state index contributed by atoms with van der Waals surface area (Å²) in [6, 6.07) is 1.65. The molecule has 0 saturated heterocycles. The van der Waals surface area contributed by atoms with E-state index in [2.05, 4.69) is 10.3 Å². The van der Waals surface area contributed by atoms with E-state index < -0.39 is 28.5 Å². The number of rotatable bonds is 4. The average molecular weight is 308 g/mol. The summed E-state index contributed by atoms with van der Waals surface area (Å²) in [4.78, 5) is 3.71. The first-order chi connectivity index (χ1) is 9.20. The molecule has 0 aromatic carbocycles. The molecule has 4 nitrogen and oxygen atoms in total. The Hall–Kier alpha value is -1.52. The number of aliphatic hydroxyl groups excluding tert-OH is 1. The van der Waals surface area contributed by atoms with E-state index in [1.54, 1.807) is 13.8 Å². The van der Waals surface area contributed by atoms with Crippen LogP contribution in [0.2, 0.25) is 5.15 Å². The standard InChI is InChI=1S/C12H13ClF3N3O/c1-6(2)9(5-20)18-10-3-8(12(14,15)16)7(4-17)11(13)19-10/h3,6,9,20H,5H2,1-2H3,(H,18,19). The van der Waals surface area contributed by atoms with Crippen LogP contribution in [0.5, 0.6) is 0 Å². The molecule has 1 rings (SSSR count). The third kappa shape index (κ3) is 3.74. The van der Waals surface area contributed by atoms with Gasteiger partial charge in [0.1, 0.15) is 22.6 Å². The molecule has 20 heavy (non-hydrogen) atoms. The van der Waals surface area contributed by atoms with E-state index in [9.17, 15) is 13.2 Å². The number of anilines is 1. The number of hydrogen-bond donors (Lipinski definition) is 2. The summed E-state index contributed by atoms with van der Waals surface area (Å²) in [6.07, 6.45) is -4.71. The number of nitriles is 1. The number of nitrogens with one attached hydrogen (secondary N) is 1. The number of alkyl halides is 3. The summed E-state index contributed by atoms with van der Waals surface area (Å²) >= 11 is 5.61. The summed E-state index contributed by atoms with van der Waals surface area (Å²) in [5, 5.41) is 20.0. The van der Waals surface area contributed by atoms with Gasteiger partial charge in [-0.25, -0.2) is 4.98 Å². The van der Waals surface area contributed by atoms with Crippen molar-refractivity contribution in [3.63, 3.8) is 0 Å². The van der Waals surface area contributed by atoms with Crippen LogP contribution in [-0.4, -0.2) is 22.7 Å². The van der Waals surface area contributed by atoms with Crippen LogP contribution in [0.4, 0.5) is 19.0 Å². The SMILES string of the molecule is CC(C)C(CO)Nc1cc(C(F)(F)F)c(C#N)c(Cl)n1. The minimum Gasteiger partial charge on any atom is -0.394 e. The molecule has 0 bridgehead atoms. The maximum atomic E-state index is 12.9. The van der Waals surface area contributed by atoms with Gasteiger partial charge in [-0.3, -0.25) is 0 Å². The van der Waals surface area contributed by atoms with Gasteiger partial charge in [0.15, 0.2) is 0 Å². The molecule has 0 saturated carbocycles. The van der Waals surface area contributed by atoms with Crippen LogP contribution < -0.4 is 5.32 Å². The van der Waals surface area contributed by atoms with Gasteiger partial charge in [0.25, 0.3) is 0 Å². The Kier molecular flexibility index (Phi) is 5.20. The Bertz CT molecular complexity index is 526. The van der Waals surface area contributed by atoms with Crippen molar-refractivity contribution in [1.82, 2.24) is 4.98 Å². The molecule has 0 aliphatic rings. The Labute approximate surface area is 119 Å². The largest absolute Gasteiger partial charge is 0.417 e. The number of nitrogens with zero attached hydrogens (tertiary/aromatic N) is 2. The average Bonchev–Trinajstić information content (AvgIpc) is 2.33. The van der Waals surface area contributed by atoms with Crippen molar-refractivity contribution in [3.8, 4) is 6.07 Å². The second kappa shape index (κ2) is 6.29. The van der Waals surface area contributed by atoms with Crippen LogP contribution in [0.3, 0.4) is 0 Å². The van der Waals surface area contributed by atoms with Crippen molar-refractivity contribution in [3.05, 3.63) is 22.3 Å². The normalized spacial score (nSPS) is 13.2. The minimum atomic E-state index is -4.71. The molecule has 0 amide bonds. The molecule has 0 fully saturated rings. The van der Waals surface area contributed by atoms with Gasteiger partial charge in [0.05, 0.1) is 18.2 Å². The number of halogens is 4. The van der Waals surface area contributed by atoms with Crippen molar-refractivity contribution in [2.75, 3.05) is 11.9 Å². The maximum absolute atomic E-state index is 12.9. The van der Waals surface area contributed by atoms with E-state index in [0.29, 0.717) is 0 Å². The lowest BCUT2D eigenvalue weighted by atomic mass is 10.1. The lowest BCUT2D eigenvalue weighted by Crippen LogP contribution is -2.30. The predicted octanol–water partition coefficient (Wildman–Crippen LogP) is 3.05. The van der Waals surface area contributed by atoms with Crippen molar-refractivity contribution in [2.24, 2.45) is 5.92 Å². The molecule has 1 aromatic rings. The first-order valence-corrected chi connectivity index (χ1v) is 6.13. The quantitative estimate of drug-likeness (QED) is 0.839. The molecule has 1 aromatic heterocycles. The first-order valence-electron chi connectivity index (χ1n) is 5.76. The monoisotopic (exact) mass is 307 g/mol. The van der Waals surface area contributed by atoms with E-state index in [1.807, 2.05) is 0 Å². The molecular formula is C12H13ClF3N3O. The topological polar surface area (TPSA) is 68.9 Å². The fourth-order valence-corrected chi connectivity index (χ4v) is 1.77. The predicted molar refractivity (Wildman–Crippen MR) is 68.3 cm³/mol. The number of pyridine rings is 1. The third-order valence-corrected chi connectivity index (χ3v) is 3.00. The van der Waals surface area contributed by atoms with Gasteiger partial charge < -0.3 is 10.4 Å². The third-order valence-electron chi connectivity index (χ3n) is 2.73. The molecular weight excluding hydrogens is 295 g/mol. The Balaban J connectivity index is 3.25. The molecule has 110 valence electrons. The Morgan fingerprint density at radius 3 is 2.50 bits per heavy atom. The lowest BCUT2D eigenvalue weighted by molar-refractivity contribution is -0.137. The van der Waals surface area contributed by atoms with Crippen molar-refractivity contribution in [2.45, 2.75) is 26.1 Å². The summed E-state index contributed by atoms with van der Waals surface area (Å²) in [5.74, 6) is -0.153. The van der Waals surface area contributed by atoms with Crippen molar-refractivity contribution in [1.29, 1.82) is 5.26 Å². The van der Waals surface area contributed by atoms with E-state index in [0.717, 1.165) is 6.07 Å². The summed E-state index contributed by atoms with van der Waals surface area (Å²) in [6.45, 7) is 3.33. The molecule has 1 heterocycles. The van der Waals surface area contributed by atoms with Gasteiger partial charge in [0, 0.05) is 0 Å².